The normalized spacial score (nSPS) is 15.6. The highest BCUT2D eigenvalue weighted by Gasteiger charge is 2.30. The number of aromatic nitrogens is 1. The first-order valence-corrected chi connectivity index (χ1v) is 10.4. The Morgan fingerprint density at radius 1 is 1.04 bits per heavy atom. The molecule has 0 saturated carbocycles. The number of pyridine rings is 1. The lowest BCUT2D eigenvalue weighted by Crippen LogP contribution is -2.49. The van der Waals surface area contributed by atoms with Crippen LogP contribution in [0, 0.1) is 39.0 Å². The highest BCUT2D eigenvalue weighted by atomic mass is 32.2. The molecular weight excluding hydrogens is 360 g/mol. The molecule has 1 aromatic heterocycles. The van der Waals surface area contributed by atoms with Gasteiger partial charge in [-0.05, 0) is 45.4 Å². The third kappa shape index (κ3) is 3.68. The minimum atomic E-state index is -3.52. The molecule has 2 heterocycles. The zero-order valence-corrected chi connectivity index (χ0v) is 17.0. The number of hydrogen-bond donors (Lipinski definition) is 0. The van der Waals surface area contributed by atoms with E-state index in [0.717, 1.165) is 22.5 Å². The number of piperazine rings is 1. The maximum absolute atomic E-state index is 13.0. The molecule has 3 rings (SSSR count). The first-order valence-electron chi connectivity index (χ1n) is 8.94. The molecule has 1 aliphatic rings. The Bertz CT molecular complexity index is 1020. The maximum atomic E-state index is 13.0. The molecule has 1 aliphatic heterocycles. The van der Waals surface area contributed by atoms with Crippen molar-refractivity contribution in [2.75, 3.05) is 31.1 Å². The van der Waals surface area contributed by atoms with Crippen LogP contribution in [0.3, 0.4) is 0 Å². The van der Waals surface area contributed by atoms with E-state index in [9.17, 15) is 13.7 Å². The van der Waals surface area contributed by atoms with Crippen molar-refractivity contribution in [3.63, 3.8) is 0 Å². The second-order valence-corrected chi connectivity index (χ2v) is 8.92. The van der Waals surface area contributed by atoms with Crippen molar-refractivity contribution in [2.24, 2.45) is 0 Å². The predicted octanol–water partition coefficient (Wildman–Crippen LogP) is 2.70. The van der Waals surface area contributed by atoms with E-state index in [1.165, 1.54) is 4.31 Å². The van der Waals surface area contributed by atoms with Gasteiger partial charge in [0, 0.05) is 31.9 Å². The van der Waals surface area contributed by atoms with Gasteiger partial charge in [0.2, 0.25) is 10.0 Å². The SMILES string of the molecule is Cc1ccc(S(=O)(=O)N2CCN(c3cc(C)nc(C)c3C#N)CC2)c(C)c1. The smallest absolute Gasteiger partial charge is 0.243 e. The Morgan fingerprint density at radius 3 is 2.30 bits per heavy atom. The average molecular weight is 385 g/mol. The number of nitriles is 1. The Balaban J connectivity index is 1.83. The van der Waals surface area contributed by atoms with Crippen LogP contribution >= 0.6 is 0 Å². The van der Waals surface area contributed by atoms with E-state index in [1.54, 1.807) is 6.07 Å². The second-order valence-electron chi connectivity index (χ2n) is 7.02. The first kappa shape index (κ1) is 19.3. The van der Waals surface area contributed by atoms with Crippen LogP contribution in [0.5, 0.6) is 0 Å². The topological polar surface area (TPSA) is 77.3 Å². The number of benzene rings is 1. The quantitative estimate of drug-likeness (QED) is 0.813. The first-order chi connectivity index (χ1) is 12.7. The number of hydrogen-bond acceptors (Lipinski definition) is 5. The molecule has 6 nitrogen and oxygen atoms in total. The summed E-state index contributed by atoms with van der Waals surface area (Å²) in [6.07, 6.45) is 0. The van der Waals surface area contributed by atoms with Crippen molar-refractivity contribution >= 4 is 15.7 Å². The van der Waals surface area contributed by atoms with E-state index in [2.05, 4.69) is 16.0 Å². The number of aryl methyl sites for hydroxylation is 4. The lowest BCUT2D eigenvalue weighted by atomic mass is 10.1. The van der Waals surface area contributed by atoms with Crippen LogP contribution in [0.4, 0.5) is 5.69 Å². The van der Waals surface area contributed by atoms with Gasteiger partial charge in [0.15, 0.2) is 0 Å². The van der Waals surface area contributed by atoms with E-state index < -0.39 is 10.0 Å². The number of nitrogens with zero attached hydrogens (tertiary/aromatic N) is 4. The van der Waals surface area contributed by atoms with Gasteiger partial charge in [-0.2, -0.15) is 9.57 Å². The summed E-state index contributed by atoms with van der Waals surface area (Å²) in [6, 6.07) is 9.55. The van der Waals surface area contributed by atoms with Crippen LogP contribution in [0.2, 0.25) is 0 Å². The summed E-state index contributed by atoms with van der Waals surface area (Å²) in [6.45, 7) is 9.38. The predicted molar refractivity (Wildman–Crippen MR) is 105 cm³/mol. The lowest BCUT2D eigenvalue weighted by Gasteiger charge is -2.36. The molecule has 2 aromatic rings. The minimum absolute atomic E-state index is 0.370. The van der Waals surface area contributed by atoms with Crippen LogP contribution in [0.25, 0.3) is 0 Å². The zero-order chi connectivity index (χ0) is 19.8. The monoisotopic (exact) mass is 384 g/mol. The zero-order valence-electron chi connectivity index (χ0n) is 16.2. The van der Waals surface area contributed by atoms with Gasteiger partial charge >= 0.3 is 0 Å². The van der Waals surface area contributed by atoms with Crippen LogP contribution in [0.1, 0.15) is 28.1 Å². The number of rotatable bonds is 3. The Hall–Kier alpha value is -2.43. The van der Waals surface area contributed by atoms with Gasteiger partial charge in [-0.15, -0.1) is 0 Å². The third-order valence-corrected chi connectivity index (χ3v) is 7.01. The molecule has 0 spiro atoms. The van der Waals surface area contributed by atoms with Crippen LogP contribution in [0.15, 0.2) is 29.2 Å². The number of anilines is 1. The van der Waals surface area contributed by atoms with Gasteiger partial charge in [-0.1, -0.05) is 17.7 Å². The average Bonchev–Trinajstić information content (AvgIpc) is 2.61. The molecule has 0 radical (unpaired) electrons. The summed E-state index contributed by atoms with van der Waals surface area (Å²) in [5, 5.41) is 9.48. The van der Waals surface area contributed by atoms with Crippen LogP contribution in [-0.2, 0) is 10.0 Å². The molecule has 0 amide bonds. The summed E-state index contributed by atoms with van der Waals surface area (Å²) in [4.78, 5) is 6.80. The molecule has 0 bridgehead atoms. The van der Waals surface area contributed by atoms with Crippen LogP contribution < -0.4 is 4.90 Å². The molecule has 142 valence electrons. The molecule has 1 aromatic carbocycles. The molecule has 1 fully saturated rings. The van der Waals surface area contributed by atoms with Gasteiger partial charge < -0.3 is 4.90 Å². The molecule has 27 heavy (non-hydrogen) atoms. The molecular formula is C20H24N4O2S. The summed E-state index contributed by atoms with van der Waals surface area (Å²) in [5.74, 6) is 0. The highest BCUT2D eigenvalue weighted by Crippen LogP contribution is 2.27. The third-order valence-electron chi connectivity index (χ3n) is 4.95. The molecule has 7 heteroatoms. The fraction of sp³-hybridized carbons (Fsp3) is 0.400. The molecule has 0 unspecified atom stereocenters. The van der Waals surface area contributed by atoms with Gasteiger partial charge in [0.25, 0.3) is 0 Å². The van der Waals surface area contributed by atoms with Crippen molar-refractivity contribution in [2.45, 2.75) is 32.6 Å². The Kier molecular flexibility index (Phi) is 5.22. The Morgan fingerprint density at radius 2 is 1.70 bits per heavy atom. The largest absolute Gasteiger partial charge is 0.368 e. The molecule has 0 N–H and O–H groups in total. The van der Waals surface area contributed by atoms with Gasteiger partial charge in [-0.25, -0.2) is 8.42 Å². The standard InChI is InChI=1S/C20H24N4O2S/c1-14-5-6-20(15(2)11-14)27(25,26)24-9-7-23(8-10-24)19-12-16(3)22-17(4)18(19)13-21/h5-6,11-12H,7-10H2,1-4H3. The van der Waals surface area contributed by atoms with Crippen molar-refractivity contribution in [3.8, 4) is 6.07 Å². The number of sulfonamides is 1. The van der Waals surface area contributed by atoms with Crippen molar-refractivity contribution < 1.29 is 8.42 Å². The maximum Gasteiger partial charge on any atom is 0.243 e. The minimum Gasteiger partial charge on any atom is -0.368 e. The van der Waals surface area contributed by atoms with Crippen molar-refractivity contribution in [1.82, 2.24) is 9.29 Å². The summed E-state index contributed by atoms with van der Waals surface area (Å²) >= 11 is 0. The van der Waals surface area contributed by atoms with Crippen molar-refractivity contribution in [1.29, 1.82) is 5.26 Å². The fourth-order valence-electron chi connectivity index (χ4n) is 3.59. The van der Waals surface area contributed by atoms with E-state index in [-0.39, 0.29) is 0 Å². The van der Waals surface area contributed by atoms with E-state index in [0.29, 0.717) is 42.3 Å². The van der Waals surface area contributed by atoms with Gasteiger partial charge in [-0.3, -0.25) is 4.98 Å². The van der Waals surface area contributed by atoms with E-state index in [1.807, 2.05) is 45.9 Å². The molecule has 0 atom stereocenters. The summed E-state index contributed by atoms with van der Waals surface area (Å²) in [5.41, 5.74) is 4.77. The Labute approximate surface area is 161 Å². The summed E-state index contributed by atoms with van der Waals surface area (Å²) in [7, 11) is -3.52. The summed E-state index contributed by atoms with van der Waals surface area (Å²) < 4.78 is 27.6. The highest BCUT2D eigenvalue weighted by molar-refractivity contribution is 7.89. The molecule has 1 saturated heterocycles. The van der Waals surface area contributed by atoms with E-state index in [4.69, 9.17) is 0 Å². The second kappa shape index (κ2) is 7.29. The van der Waals surface area contributed by atoms with Gasteiger partial charge in [0.1, 0.15) is 6.07 Å². The van der Waals surface area contributed by atoms with Crippen LogP contribution in [-0.4, -0.2) is 43.9 Å². The lowest BCUT2D eigenvalue weighted by molar-refractivity contribution is 0.384. The molecule has 0 aliphatic carbocycles. The fourth-order valence-corrected chi connectivity index (χ4v) is 5.22. The van der Waals surface area contributed by atoms with Gasteiger partial charge in [0.05, 0.1) is 21.8 Å². The van der Waals surface area contributed by atoms with Crippen molar-refractivity contribution in [3.05, 3.63) is 52.3 Å². The van der Waals surface area contributed by atoms with E-state index >= 15 is 0 Å².